The SMILES string of the molecule is C=CCC1CCC(CCC2CCC(c3cc(F)c(OC(F)F)c(F)c3)CC2)CC1. The number of alkyl halides is 2. The zero-order valence-electron chi connectivity index (χ0n) is 17.0. The van der Waals surface area contributed by atoms with Gasteiger partial charge in [-0.2, -0.15) is 8.78 Å². The van der Waals surface area contributed by atoms with Gasteiger partial charge in [0.25, 0.3) is 0 Å². The predicted molar refractivity (Wildman–Crippen MR) is 107 cm³/mol. The maximum Gasteiger partial charge on any atom is 0.387 e. The molecular formula is C24H32F4O. The van der Waals surface area contributed by atoms with Gasteiger partial charge in [-0.25, -0.2) is 8.78 Å². The molecule has 1 aromatic carbocycles. The van der Waals surface area contributed by atoms with Crippen LogP contribution in [0.2, 0.25) is 0 Å². The van der Waals surface area contributed by atoms with Crippen LogP contribution in [0.3, 0.4) is 0 Å². The van der Waals surface area contributed by atoms with Gasteiger partial charge < -0.3 is 4.74 Å². The summed E-state index contributed by atoms with van der Waals surface area (Å²) in [6.07, 6.45) is 15.0. The second-order valence-corrected chi connectivity index (χ2v) is 8.90. The van der Waals surface area contributed by atoms with Crippen molar-refractivity contribution in [3.8, 4) is 5.75 Å². The van der Waals surface area contributed by atoms with E-state index in [9.17, 15) is 17.6 Å². The van der Waals surface area contributed by atoms with Crippen molar-refractivity contribution in [3.05, 3.63) is 42.0 Å². The minimum absolute atomic E-state index is 0.0881. The molecule has 0 aromatic heterocycles. The van der Waals surface area contributed by atoms with E-state index in [0.717, 1.165) is 56.1 Å². The van der Waals surface area contributed by atoms with Crippen LogP contribution in [0.1, 0.15) is 82.1 Å². The summed E-state index contributed by atoms with van der Waals surface area (Å²) in [5.41, 5.74) is 0.556. The summed E-state index contributed by atoms with van der Waals surface area (Å²) in [4.78, 5) is 0. The topological polar surface area (TPSA) is 9.23 Å². The second kappa shape index (κ2) is 10.5. The van der Waals surface area contributed by atoms with E-state index in [0.29, 0.717) is 11.5 Å². The molecule has 2 aliphatic rings. The second-order valence-electron chi connectivity index (χ2n) is 8.90. The molecule has 5 heteroatoms. The average molecular weight is 413 g/mol. The third-order valence-corrected chi connectivity index (χ3v) is 7.00. The fraction of sp³-hybridized carbons (Fsp3) is 0.667. The lowest BCUT2D eigenvalue weighted by molar-refractivity contribution is -0.0546. The molecule has 2 saturated carbocycles. The fourth-order valence-corrected chi connectivity index (χ4v) is 5.26. The summed E-state index contributed by atoms with van der Waals surface area (Å²) in [6, 6.07) is 2.32. The van der Waals surface area contributed by atoms with Gasteiger partial charge in [-0.15, -0.1) is 6.58 Å². The first-order valence-corrected chi connectivity index (χ1v) is 11.0. The van der Waals surface area contributed by atoms with Crippen LogP contribution in [0.4, 0.5) is 17.6 Å². The van der Waals surface area contributed by atoms with Crippen molar-refractivity contribution in [2.75, 3.05) is 0 Å². The Morgan fingerprint density at radius 1 is 0.862 bits per heavy atom. The summed E-state index contributed by atoms with van der Waals surface area (Å²) in [5.74, 6) is -0.625. The Labute approximate surface area is 171 Å². The first-order chi connectivity index (χ1) is 14.0. The lowest BCUT2D eigenvalue weighted by atomic mass is 9.74. The molecule has 0 atom stereocenters. The Bertz CT molecular complexity index is 636. The number of hydrogen-bond acceptors (Lipinski definition) is 1. The molecule has 29 heavy (non-hydrogen) atoms. The highest BCUT2D eigenvalue weighted by atomic mass is 19.3. The largest absolute Gasteiger partial charge is 0.429 e. The molecule has 0 amide bonds. The molecule has 2 fully saturated rings. The van der Waals surface area contributed by atoms with E-state index in [1.165, 1.54) is 38.5 Å². The van der Waals surface area contributed by atoms with Crippen molar-refractivity contribution in [2.24, 2.45) is 17.8 Å². The van der Waals surface area contributed by atoms with Crippen molar-refractivity contribution in [1.82, 2.24) is 0 Å². The molecule has 0 unspecified atom stereocenters. The average Bonchev–Trinajstić information content (AvgIpc) is 2.70. The molecule has 2 aliphatic carbocycles. The van der Waals surface area contributed by atoms with E-state index >= 15 is 0 Å². The van der Waals surface area contributed by atoms with Crippen molar-refractivity contribution in [1.29, 1.82) is 0 Å². The van der Waals surface area contributed by atoms with Crippen molar-refractivity contribution >= 4 is 0 Å². The van der Waals surface area contributed by atoms with Crippen molar-refractivity contribution in [3.63, 3.8) is 0 Å². The Morgan fingerprint density at radius 3 is 1.83 bits per heavy atom. The Balaban J connectivity index is 1.44. The summed E-state index contributed by atoms with van der Waals surface area (Å²) in [5, 5.41) is 0. The third kappa shape index (κ3) is 6.23. The summed E-state index contributed by atoms with van der Waals surface area (Å²) < 4.78 is 56.5. The monoisotopic (exact) mass is 412 g/mol. The van der Waals surface area contributed by atoms with Crippen molar-refractivity contribution in [2.45, 2.75) is 83.2 Å². The molecule has 0 aliphatic heterocycles. The van der Waals surface area contributed by atoms with Gasteiger partial charge in [-0.1, -0.05) is 31.8 Å². The van der Waals surface area contributed by atoms with Crippen LogP contribution in [-0.2, 0) is 0 Å². The number of allylic oxidation sites excluding steroid dienone is 1. The minimum Gasteiger partial charge on any atom is -0.429 e. The molecule has 0 N–H and O–H groups in total. The van der Waals surface area contributed by atoms with Gasteiger partial charge >= 0.3 is 6.61 Å². The smallest absolute Gasteiger partial charge is 0.387 e. The van der Waals surface area contributed by atoms with E-state index in [4.69, 9.17) is 0 Å². The molecule has 0 spiro atoms. The van der Waals surface area contributed by atoms with Gasteiger partial charge in [0, 0.05) is 0 Å². The standard InChI is InChI=1S/C24H32F4O/c1-2-3-16-4-6-17(7-5-16)8-9-18-10-12-19(13-11-18)20-14-21(25)23(22(26)15-20)29-24(27)28/h2,14-19,24H,1,3-13H2. The lowest BCUT2D eigenvalue weighted by Gasteiger charge is -2.32. The minimum atomic E-state index is -3.24. The maximum atomic E-state index is 14.0. The summed E-state index contributed by atoms with van der Waals surface area (Å²) in [6.45, 7) is 0.608. The molecule has 1 nitrogen and oxygen atoms in total. The van der Waals surface area contributed by atoms with E-state index in [2.05, 4.69) is 11.3 Å². The molecule has 0 radical (unpaired) electrons. The Kier molecular flexibility index (Phi) is 8.02. The summed E-state index contributed by atoms with van der Waals surface area (Å²) in [7, 11) is 0. The zero-order valence-corrected chi connectivity index (χ0v) is 17.0. The molecule has 162 valence electrons. The molecule has 0 bridgehead atoms. The van der Waals surface area contributed by atoms with Crippen LogP contribution in [0.5, 0.6) is 5.75 Å². The van der Waals surface area contributed by atoms with Crippen LogP contribution in [-0.4, -0.2) is 6.61 Å². The molecule has 0 heterocycles. The highest BCUT2D eigenvalue weighted by molar-refractivity contribution is 5.33. The predicted octanol–water partition coefficient (Wildman–Crippen LogP) is 8.00. The van der Waals surface area contributed by atoms with Crippen molar-refractivity contribution < 1.29 is 22.3 Å². The van der Waals surface area contributed by atoms with E-state index in [1.807, 2.05) is 6.08 Å². The lowest BCUT2D eigenvalue weighted by Crippen LogP contribution is -2.18. The summed E-state index contributed by atoms with van der Waals surface area (Å²) >= 11 is 0. The highest BCUT2D eigenvalue weighted by Gasteiger charge is 2.27. The highest BCUT2D eigenvalue weighted by Crippen LogP contribution is 2.41. The Morgan fingerprint density at radius 2 is 1.34 bits per heavy atom. The number of halogens is 4. The van der Waals surface area contributed by atoms with Gasteiger partial charge in [0.2, 0.25) is 0 Å². The van der Waals surface area contributed by atoms with Gasteiger partial charge in [0.05, 0.1) is 0 Å². The van der Waals surface area contributed by atoms with E-state index in [-0.39, 0.29) is 5.92 Å². The third-order valence-electron chi connectivity index (χ3n) is 7.00. The van der Waals surface area contributed by atoms with Crippen LogP contribution in [0, 0.1) is 29.4 Å². The van der Waals surface area contributed by atoms with Crippen LogP contribution < -0.4 is 4.74 Å². The first kappa shape index (κ1) is 22.2. The quantitative estimate of drug-likeness (QED) is 0.310. The molecule has 0 saturated heterocycles. The molecule has 3 rings (SSSR count). The molecule has 1 aromatic rings. The Hall–Kier alpha value is -1.52. The maximum absolute atomic E-state index is 14.0. The first-order valence-electron chi connectivity index (χ1n) is 11.0. The van der Waals surface area contributed by atoms with Crippen LogP contribution >= 0.6 is 0 Å². The van der Waals surface area contributed by atoms with Gasteiger partial charge in [0.15, 0.2) is 17.4 Å². The van der Waals surface area contributed by atoms with Crippen LogP contribution in [0.25, 0.3) is 0 Å². The fourth-order valence-electron chi connectivity index (χ4n) is 5.26. The molecular weight excluding hydrogens is 380 g/mol. The van der Waals surface area contributed by atoms with Gasteiger partial charge in [-0.3, -0.25) is 0 Å². The number of benzene rings is 1. The van der Waals surface area contributed by atoms with Gasteiger partial charge in [0.1, 0.15) is 0 Å². The normalized spacial score (nSPS) is 27.8. The number of rotatable bonds is 8. The van der Waals surface area contributed by atoms with Gasteiger partial charge in [-0.05, 0) is 86.3 Å². The number of ether oxygens (including phenoxy) is 1. The van der Waals surface area contributed by atoms with E-state index < -0.39 is 24.0 Å². The van der Waals surface area contributed by atoms with E-state index in [1.54, 1.807) is 0 Å². The zero-order chi connectivity index (χ0) is 20.8. The number of hydrogen-bond donors (Lipinski definition) is 0. The van der Waals surface area contributed by atoms with Crippen LogP contribution in [0.15, 0.2) is 24.8 Å².